The average molecular weight is 570 g/mol. The SMILES string of the molecule is CCC(C)(C)C(=O)SCCOP(=O)(NCc1ccccc1)OC[C@@H]1O[C@H](n2cc(C)c(=O)[nH]c2=O)CC1O. The third kappa shape index (κ3) is 8.22. The zero-order chi connectivity index (χ0) is 27.9. The maximum Gasteiger partial charge on any atom is 0.405 e. The Kier molecular flexibility index (Phi) is 10.7. The number of aliphatic hydroxyl groups is 1. The fraction of sp³-hybridized carbons (Fsp3) is 0.560. The van der Waals surface area contributed by atoms with Gasteiger partial charge in [-0.2, -0.15) is 0 Å². The Balaban J connectivity index is 1.63. The summed E-state index contributed by atoms with van der Waals surface area (Å²) in [7, 11) is -3.87. The van der Waals surface area contributed by atoms with Gasteiger partial charge in [-0.25, -0.2) is 14.4 Å². The minimum absolute atomic E-state index is 0.00196. The van der Waals surface area contributed by atoms with Gasteiger partial charge in [-0.15, -0.1) is 0 Å². The molecule has 1 aliphatic heterocycles. The van der Waals surface area contributed by atoms with Crippen LogP contribution in [-0.2, 0) is 29.7 Å². The van der Waals surface area contributed by atoms with Gasteiger partial charge in [0.1, 0.15) is 12.3 Å². The van der Waals surface area contributed by atoms with E-state index in [-0.39, 0.29) is 31.3 Å². The second kappa shape index (κ2) is 13.3. The third-order valence-electron chi connectivity index (χ3n) is 6.40. The molecule has 0 spiro atoms. The molecule has 0 aliphatic carbocycles. The van der Waals surface area contributed by atoms with Crippen molar-refractivity contribution in [1.82, 2.24) is 14.6 Å². The predicted octanol–water partition coefficient (Wildman–Crippen LogP) is 3.12. The molecule has 210 valence electrons. The van der Waals surface area contributed by atoms with Crippen LogP contribution in [0.4, 0.5) is 0 Å². The van der Waals surface area contributed by atoms with Gasteiger partial charge in [0.2, 0.25) is 0 Å². The highest BCUT2D eigenvalue weighted by Gasteiger charge is 2.38. The van der Waals surface area contributed by atoms with Gasteiger partial charge in [-0.1, -0.05) is 62.9 Å². The Morgan fingerprint density at radius 2 is 2.00 bits per heavy atom. The number of aliphatic hydroxyl groups excluding tert-OH is 1. The van der Waals surface area contributed by atoms with Gasteiger partial charge in [0.15, 0.2) is 5.12 Å². The van der Waals surface area contributed by atoms with Crippen LogP contribution in [0.3, 0.4) is 0 Å². The van der Waals surface area contributed by atoms with Gasteiger partial charge in [-0.05, 0) is 18.9 Å². The van der Waals surface area contributed by atoms with Gasteiger partial charge in [0.05, 0.1) is 19.3 Å². The highest BCUT2D eigenvalue weighted by atomic mass is 32.2. The normalized spacial score (nSPS) is 21.3. The molecular formula is C25H36N3O8PS. The van der Waals surface area contributed by atoms with Crippen LogP contribution in [0.2, 0.25) is 0 Å². The number of nitrogens with one attached hydrogen (secondary N) is 2. The number of aromatic amines is 1. The molecular weight excluding hydrogens is 533 g/mol. The number of aromatic nitrogens is 2. The molecule has 1 aromatic heterocycles. The molecule has 2 heterocycles. The standard InChI is InChI=1S/C25H36N3O8PS/c1-5-25(3,4)23(31)38-12-11-34-37(33,26-14-18-9-7-6-8-10-18)35-16-20-19(29)13-21(36-20)28-15-17(2)22(30)27-24(28)32/h6-10,15,19-21,29H,5,11-14,16H2,1-4H3,(H,26,33)(H,27,30,32)/t19?,20-,21-,37?/m0/s1. The molecule has 13 heteroatoms. The Morgan fingerprint density at radius 1 is 1.29 bits per heavy atom. The van der Waals surface area contributed by atoms with E-state index in [0.717, 1.165) is 17.3 Å². The van der Waals surface area contributed by atoms with Gasteiger partial charge in [-0.3, -0.25) is 28.2 Å². The molecule has 1 saturated heterocycles. The van der Waals surface area contributed by atoms with Gasteiger partial charge < -0.3 is 9.84 Å². The minimum Gasteiger partial charge on any atom is -0.390 e. The number of hydrogen-bond acceptors (Lipinski definition) is 9. The molecule has 1 aromatic carbocycles. The molecule has 38 heavy (non-hydrogen) atoms. The van der Waals surface area contributed by atoms with Crippen molar-refractivity contribution in [2.45, 2.75) is 65.5 Å². The number of carbonyl (C=O) groups is 1. The van der Waals surface area contributed by atoms with Gasteiger partial charge >= 0.3 is 13.4 Å². The van der Waals surface area contributed by atoms with Crippen molar-refractivity contribution < 1.29 is 28.3 Å². The second-order valence-corrected chi connectivity index (χ2v) is 12.6. The Bertz CT molecular complexity index is 1250. The maximum absolute atomic E-state index is 13.6. The summed E-state index contributed by atoms with van der Waals surface area (Å²) in [5, 5.41) is 13.4. The molecule has 1 aliphatic rings. The van der Waals surface area contributed by atoms with E-state index in [1.54, 1.807) is 6.92 Å². The van der Waals surface area contributed by atoms with Crippen molar-refractivity contribution >= 4 is 24.6 Å². The largest absolute Gasteiger partial charge is 0.405 e. The first kappa shape index (κ1) is 30.5. The van der Waals surface area contributed by atoms with Crippen molar-refractivity contribution in [3.05, 3.63) is 68.5 Å². The van der Waals surface area contributed by atoms with E-state index in [4.69, 9.17) is 13.8 Å². The number of hydrogen-bond donors (Lipinski definition) is 3. The fourth-order valence-corrected chi connectivity index (χ4v) is 5.87. The van der Waals surface area contributed by atoms with E-state index in [0.29, 0.717) is 17.7 Å². The highest BCUT2D eigenvalue weighted by Crippen LogP contribution is 2.45. The topological polar surface area (TPSA) is 149 Å². The van der Waals surface area contributed by atoms with Crippen LogP contribution in [0.1, 0.15) is 51.0 Å². The minimum atomic E-state index is -3.87. The summed E-state index contributed by atoms with van der Waals surface area (Å²) in [5.41, 5.74) is -0.431. The summed E-state index contributed by atoms with van der Waals surface area (Å²) in [5.74, 6) is 0.293. The molecule has 0 bridgehead atoms. The highest BCUT2D eigenvalue weighted by molar-refractivity contribution is 8.13. The Morgan fingerprint density at radius 3 is 2.68 bits per heavy atom. The smallest absolute Gasteiger partial charge is 0.390 e. The number of aryl methyl sites for hydroxylation is 1. The lowest BCUT2D eigenvalue weighted by molar-refractivity contribution is -0.118. The van der Waals surface area contributed by atoms with Crippen LogP contribution in [0.25, 0.3) is 0 Å². The number of thioether (sulfide) groups is 1. The van der Waals surface area contributed by atoms with Crippen molar-refractivity contribution in [2.24, 2.45) is 5.41 Å². The zero-order valence-electron chi connectivity index (χ0n) is 22.0. The first-order valence-corrected chi connectivity index (χ1v) is 15.0. The van der Waals surface area contributed by atoms with E-state index < -0.39 is 42.8 Å². The number of carbonyl (C=O) groups excluding carboxylic acids is 1. The molecule has 2 unspecified atom stereocenters. The Hall–Kier alpha value is -2.05. The van der Waals surface area contributed by atoms with E-state index in [1.165, 1.54) is 10.8 Å². The average Bonchev–Trinajstić information content (AvgIpc) is 3.27. The third-order valence-corrected chi connectivity index (χ3v) is 9.15. The van der Waals surface area contributed by atoms with E-state index in [1.807, 2.05) is 51.1 Å². The molecule has 4 atom stereocenters. The van der Waals surface area contributed by atoms with E-state index in [2.05, 4.69) is 10.1 Å². The quantitative estimate of drug-likeness (QED) is 0.243. The lowest BCUT2D eigenvalue weighted by Gasteiger charge is -2.23. The molecule has 0 amide bonds. The monoisotopic (exact) mass is 569 g/mol. The fourth-order valence-electron chi connectivity index (χ4n) is 3.55. The summed E-state index contributed by atoms with van der Waals surface area (Å²) in [6, 6.07) is 9.29. The van der Waals surface area contributed by atoms with E-state index >= 15 is 0 Å². The van der Waals surface area contributed by atoms with Crippen LogP contribution >= 0.6 is 19.5 Å². The summed E-state index contributed by atoms with van der Waals surface area (Å²) >= 11 is 1.12. The van der Waals surface area contributed by atoms with Crippen molar-refractivity contribution in [2.75, 3.05) is 19.0 Å². The van der Waals surface area contributed by atoms with E-state index in [9.17, 15) is 24.1 Å². The summed E-state index contributed by atoms with van der Waals surface area (Å²) in [4.78, 5) is 38.5. The number of ether oxygens (including phenoxy) is 1. The van der Waals surface area contributed by atoms with Crippen LogP contribution < -0.4 is 16.3 Å². The molecule has 3 N–H and O–H groups in total. The van der Waals surface area contributed by atoms with Crippen molar-refractivity contribution in [3.63, 3.8) is 0 Å². The van der Waals surface area contributed by atoms with Crippen LogP contribution in [0, 0.1) is 12.3 Å². The molecule has 2 aromatic rings. The molecule has 3 rings (SSSR count). The number of H-pyrrole nitrogens is 1. The first-order chi connectivity index (χ1) is 17.9. The van der Waals surface area contributed by atoms with Gasteiger partial charge in [0, 0.05) is 35.9 Å². The van der Waals surface area contributed by atoms with Crippen molar-refractivity contribution in [1.29, 1.82) is 0 Å². The molecule has 0 saturated carbocycles. The lowest BCUT2D eigenvalue weighted by Crippen LogP contribution is -2.33. The number of benzene rings is 1. The summed E-state index contributed by atoms with van der Waals surface area (Å²) in [6.45, 7) is 7.18. The first-order valence-electron chi connectivity index (χ1n) is 12.4. The van der Waals surface area contributed by atoms with Crippen LogP contribution in [-0.4, -0.2) is 50.9 Å². The lowest BCUT2D eigenvalue weighted by atomic mass is 9.92. The predicted molar refractivity (Wildman–Crippen MR) is 145 cm³/mol. The second-order valence-electron chi connectivity index (χ2n) is 9.73. The zero-order valence-corrected chi connectivity index (χ0v) is 23.8. The molecule has 11 nitrogen and oxygen atoms in total. The maximum atomic E-state index is 13.6. The number of nitrogens with zero attached hydrogens (tertiary/aromatic N) is 1. The molecule has 0 radical (unpaired) electrons. The molecule has 1 fully saturated rings. The number of rotatable bonds is 13. The van der Waals surface area contributed by atoms with Crippen molar-refractivity contribution in [3.8, 4) is 0 Å². The van der Waals surface area contributed by atoms with Crippen LogP contribution in [0.5, 0.6) is 0 Å². The summed E-state index contributed by atoms with van der Waals surface area (Å²) < 4.78 is 31.8. The Labute approximate surface area is 225 Å². The summed E-state index contributed by atoms with van der Waals surface area (Å²) in [6.07, 6.45) is -0.579. The van der Waals surface area contributed by atoms with Crippen LogP contribution in [0.15, 0.2) is 46.1 Å². The van der Waals surface area contributed by atoms with Gasteiger partial charge in [0.25, 0.3) is 5.56 Å².